The molecule has 0 bridgehead atoms. The summed E-state index contributed by atoms with van der Waals surface area (Å²) < 4.78 is 0.786. The Balaban J connectivity index is 2.35. The number of nitrogens with zero attached hydrogens (tertiary/aromatic N) is 3. The first-order valence-corrected chi connectivity index (χ1v) is 6.85. The van der Waals surface area contributed by atoms with Crippen molar-refractivity contribution in [1.82, 2.24) is 15.0 Å². The van der Waals surface area contributed by atoms with Crippen molar-refractivity contribution in [3.8, 4) is 0 Å². The van der Waals surface area contributed by atoms with Crippen LogP contribution in [0.4, 0.5) is 0 Å². The minimum absolute atomic E-state index is 0.299. The summed E-state index contributed by atoms with van der Waals surface area (Å²) in [5.41, 5.74) is 2.01. The lowest BCUT2D eigenvalue weighted by molar-refractivity contribution is 0.783. The first kappa shape index (κ1) is 13.4. The van der Waals surface area contributed by atoms with Crippen LogP contribution in [0.2, 0.25) is 5.15 Å². The fourth-order valence-corrected chi connectivity index (χ4v) is 2.46. The van der Waals surface area contributed by atoms with Crippen molar-refractivity contribution in [3.05, 3.63) is 51.2 Å². The molecule has 18 heavy (non-hydrogen) atoms. The van der Waals surface area contributed by atoms with Crippen LogP contribution >= 0.6 is 27.5 Å². The molecule has 0 aliphatic rings. The van der Waals surface area contributed by atoms with E-state index in [1.54, 1.807) is 6.20 Å². The Morgan fingerprint density at radius 3 is 2.72 bits per heavy atom. The lowest BCUT2D eigenvalue weighted by Crippen LogP contribution is -2.04. The van der Waals surface area contributed by atoms with Crippen LogP contribution in [-0.2, 0) is 6.42 Å². The Labute approximate surface area is 120 Å². The second-order valence-corrected chi connectivity index (χ2v) is 5.47. The topological polar surface area (TPSA) is 38.7 Å². The second-order valence-electron chi connectivity index (χ2n) is 4.32. The van der Waals surface area contributed by atoms with Crippen LogP contribution in [0.1, 0.15) is 36.8 Å². The van der Waals surface area contributed by atoms with Crippen LogP contribution in [-0.4, -0.2) is 15.0 Å². The quantitative estimate of drug-likeness (QED) is 0.800. The molecule has 0 atom stereocenters. The van der Waals surface area contributed by atoms with Crippen molar-refractivity contribution in [2.75, 3.05) is 0 Å². The molecule has 0 aliphatic carbocycles. The van der Waals surface area contributed by atoms with Gasteiger partial charge in [0, 0.05) is 18.8 Å². The second kappa shape index (κ2) is 5.76. The maximum atomic E-state index is 6.12. The molecule has 0 unspecified atom stereocenters. The highest BCUT2D eigenvalue weighted by Gasteiger charge is 2.13. The number of hydrogen-bond acceptors (Lipinski definition) is 3. The fraction of sp³-hybridized carbons (Fsp3) is 0.308. The molecule has 2 aromatic rings. The Morgan fingerprint density at radius 2 is 2.11 bits per heavy atom. The van der Waals surface area contributed by atoms with Gasteiger partial charge in [0.25, 0.3) is 0 Å². The van der Waals surface area contributed by atoms with Crippen LogP contribution in [0, 0.1) is 0 Å². The third-order valence-electron chi connectivity index (χ3n) is 2.51. The van der Waals surface area contributed by atoms with E-state index in [0.717, 1.165) is 21.6 Å². The highest BCUT2D eigenvalue weighted by molar-refractivity contribution is 9.10. The highest BCUT2D eigenvalue weighted by Crippen LogP contribution is 2.28. The molecule has 2 heterocycles. The maximum absolute atomic E-state index is 6.12. The molecule has 0 fully saturated rings. The Kier molecular flexibility index (Phi) is 4.30. The largest absolute Gasteiger partial charge is 0.264 e. The zero-order valence-electron chi connectivity index (χ0n) is 10.2. The van der Waals surface area contributed by atoms with Crippen molar-refractivity contribution in [2.24, 2.45) is 0 Å². The molecule has 0 amide bonds. The van der Waals surface area contributed by atoms with Gasteiger partial charge in [-0.2, -0.15) is 0 Å². The van der Waals surface area contributed by atoms with Crippen LogP contribution < -0.4 is 0 Å². The first-order valence-electron chi connectivity index (χ1n) is 5.68. The molecule has 3 nitrogen and oxygen atoms in total. The predicted octanol–water partition coefficient (Wildman–Crippen LogP) is 4.00. The minimum Gasteiger partial charge on any atom is -0.264 e. The standard InChI is InChI=1S/C13H13BrClN3/c1-8(2)12-11(14)13(15)18-10(17-12)6-9-4-3-5-16-7-9/h3-5,7-8H,6H2,1-2H3. The van der Waals surface area contributed by atoms with E-state index in [-0.39, 0.29) is 0 Å². The van der Waals surface area contributed by atoms with E-state index in [0.29, 0.717) is 17.5 Å². The number of pyridine rings is 1. The third kappa shape index (κ3) is 3.06. The summed E-state index contributed by atoms with van der Waals surface area (Å²) >= 11 is 9.55. The van der Waals surface area contributed by atoms with Crippen molar-refractivity contribution in [1.29, 1.82) is 0 Å². The number of halogens is 2. The molecule has 0 saturated carbocycles. The van der Waals surface area contributed by atoms with Gasteiger partial charge in [0.05, 0.1) is 10.2 Å². The summed E-state index contributed by atoms with van der Waals surface area (Å²) in [4.78, 5) is 12.9. The van der Waals surface area contributed by atoms with E-state index in [1.165, 1.54) is 0 Å². The summed E-state index contributed by atoms with van der Waals surface area (Å²) in [5.74, 6) is 1.02. The van der Waals surface area contributed by atoms with E-state index in [4.69, 9.17) is 11.6 Å². The summed E-state index contributed by atoms with van der Waals surface area (Å²) in [5, 5.41) is 0.465. The van der Waals surface area contributed by atoms with Gasteiger partial charge in [0.1, 0.15) is 11.0 Å². The van der Waals surface area contributed by atoms with Crippen LogP contribution in [0.15, 0.2) is 29.0 Å². The summed E-state index contributed by atoms with van der Waals surface area (Å²) in [6, 6.07) is 3.90. The smallest absolute Gasteiger partial charge is 0.147 e. The lowest BCUT2D eigenvalue weighted by Gasteiger charge is -2.10. The van der Waals surface area contributed by atoms with Gasteiger partial charge in [-0.15, -0.1) is 0 Å². The predicted molar refractivity (Wildman–Crippen MR) is 75.9 cm³/mol. The number of hydrogen-bond donors (Lipinski definition) is 0. The van der Waals surface area contributed by atoms with Crippen LogP contribution in [0.5, 0.6) is 0 Å². The molecule has 5 heteroatoms. The van der Waals surface area contributed by atoms with Gasteiger partial charge in [-0.1, -0.05) is 31.5 Å². The van der Waals surface area contributed by atoms with Gasteiger partial charge >= 0.3 is 0 Å². The maximum Gasteiger partial charge on any atom is 0.147 e. The summed E-state index contributed by atoms with van der Waals surface area (Å²) in [6.07, 6.45) is 4.20. The van der Waals surface area contributed by atoms with Crippen molar-refractivity contribution >= 4 is 27.5 Å². The monoisotopic (exact) mass is 325 g/mol. The van der Waals surface area contributed by atoms with E-state index < -0.39 is 0 Å². The zero-order valence-corrected chi connectivity index (χ0v) is 12.5. The van der Waals surface area contributed by atoms with Crippen molar-refractivity contribution < 1.29 is 0 Å². The Morgan fingerprint density at radius 1 is 1.33 bits per heavy atom. The van der Waals surface area contributed by atoms with Gasteiger partial charge in [-0.25, -0.2) is 9.97 Å². The van der Waals surface area contributed by atoms with E-state index in [2.05, 4.69) is 44.7 Å². The molecule has 0 N–H and O–H groups in total. The SMILES string of the molecule is CC(C)c1nc(Cc2cccnc2)nc(Cl)c1Br. The molecule has 2 rings (SSSR count). The minimum atomic E-state index is 0.299. The van der Waals surface area contributed by atoms with Gasteiger partial charge in [0.2, 0.25) is 0 Å². The first-order chi connectivity index (χ1) is 8.58. The molecule has 0 saturated heterocycles. The van der Waals surface area contributed by atoms with Crippen molar-refractivity contribution in [3.63, 3.8) is 0 Å². The Bertz CT molecular complexity index is 543. The molecule has 0 radical (unpaired) electrons. The summed E-state index contributed by atoms with van der Waals surface area (Å²) in [7, 11) is 0. The van der Waals surface area contributed by atoms with E-state index >= 15 is 0 Å². The Hall–Kier alpha value is -1.00. The third-order valence-corrected chi connectivity index (χ3v) is 3.80. The molecule has 94 valence electrons. The van der Waals surface area contributed by atoms with E-state index in [9.17, 15) is 0 Å². The molecule has 0 aromatic carbocycles. The van der Waals surface area contributed by atoms with Gasteiger partial charge < -0.3 is 0 Å². The lowest BCUT2D eigenvalue weighted by atomic mass is 10.1. The summed E-state index contributed by atoms with van der Waals surface area (Å²) in [6.45, 7) is 4.16. The van der Waals surface area contributed by atoms with E-state index in [1.807, 2.05) is 18.3 Å². The normalized spacial score (nSPS) is 10.9. The average Bonchev–Trinajstić information content (AvgIpc) is 2.34. The number of aromatic nitrogens is 3. The molecular formula is C13H13BrClN3. The van der Waals surface area contributed by atoms with Crippen LogP contribution in [0.25, 0.3) is 0 Å². The zero-order chi connectivity index (χ0) is 13.1. The molecule has 2 aromatic heterocycles. The molecular weight excluding hydrogens is 314 g/mol. The molecule has 0 aliphatic heterocycles. The van der Waals surface area contributed by atoms with Gasteiger partial charge in [-0.05, 0) is 33.5 Å². The number of rotatable bonds is 3. The van der Waals surface area contributed by atoms with Crippen LogP contribution in [0.3, 0.4) is 0 Å². The van der Waals surface area contributed by atoms with Crippen molar-refractivity contribution in [2.45, 2.75) is 26.2 Å². The van der Waals surface area contributed by atoms with Gasteiger partial charge in [0.15, 0.2) is 0 Å². The highest BCUT2D eigenvalue weighted by atomic mass is 79.9. The fourth-order valence-electron chi connectivity index (χ4n) is 1.63. The molecule has 0 spiro atoms. The van der Waals surface area contributed by atoms with Gasteiger partial charge in [-0.3, -0.25) is 4.98 Å². The average molecular weight is 327 g/mol.